The molecule has 1 saturated carbocycles. The Morgan fingerprint density at radius 1 is 1.32 bits per heavy atom. The van der Waals surface area contributed by atoms with E-state index in [0.29, 0.717) is 17.5 Å². The van der Waals surface area contributed by atoms with Crippen LogP contribution in [-0.4, -0.2) is 50.3 Å². The van der Waals surface area contributed by atoms with Crippen molar-refractivity contribution in [1.29, 1.82) is 0 Å². The van der Waals surface area contributed by atoms with Gasteiger partial charge in [0.15, 0.2) is 0 Å². The van der Waals surface area contributed by atoms with Gasteiger partial charge in [0.05, 0.1) is 6.61 Å². The Kier molecular flexibility index (Phi) is 5.27. The minimum Gasteiger partial charge on any atom is -0.380 e. The Balaban J connectivity index is 1.95. The van der Waals surface area contributed by atoms with E-state index in [-0.39, 0.29) is 0 Å². The van der Waals surface area contributed by atoms with E-state index in [4.69, 9.17) is 4.74 Å². The molecular formula is C16H32N2O. The van der Waals surface area contributed by atoms with Gasteiger partial charge in [0.2, 0.25) is 0 Å². The molecule has 3 atom stereocenters. The molecule has 2 rings (SSSR count). The van der Waals surface area contributed by atoms with Crippen molar-refractivity contribution in [2.24, 2.45) is 11.3 Å². The summed E-state index contributed by atoms with van der Waals surface area (Å²) < 4.78 is 5.53. The summed E-state index contributed by atoms with van der Waals surface area (Å²) in [5.41, 5.74) is 0.436. The maximum atomic E-state index is 5.53. The Bertz CT molecular complexity index is 274. The highest BCUT2D eigenvalue weighted by atomic mass is 16.5. The van der Waals surface area contributed by atoms with Gasteiger partial charge in [-0.25, -0.2) is 0 Å². The van der Waals surface area contributed by atoms with Crippen LogP contribution in [0.3, 0.4) is 0 Å². The van der Waals surface area contributed by atoms with Crippen molar-refractivity contribution in [2.75, 3.05) is 33.4 Å². The molecule has 19 heavy (non-hydrogen) atoms. The van der Waals surface area contributed by atoms with Crippen LogP contribution in [0.25, 0.3) is 0 Å². The minimum absolute atomic E-state index is 0.436. The van der Waals surface area contributed by atoms with E-state index in [1.165, 1.54) is 32.2 Å². The van der Waals surface area contributed by atoms with Crippen molar-refractivity contribution in [3.63, 3.8) is 0 Å². The molecule has 112 valence electrons. The second-order valence-corrected chi connectivity index (χ2v) is 7.13. The third-order valence-electron chi connectivity index (χ3n) is 5.18. The fraction of sp³-hybridized carbons (Fsp3) is 1.00. The maximum absolute atomic E-state index is 5.53. The SMILES string of the molecule is CCNC1C(CN(C)C2CCOC2)CCCC1(C)C. The van der Waals surface area contributed by atoms with Crippen LogP contribution < -0.4 is 5.32 Å². The van der Waals surface area contributed by atoms with Gasteiger partial charge in [-0.05, 0) is 44.2 Å². The zero-order valence-electron chi connectivity index (χ0n) is 13.2. The van der Waals surface area contributed by atoms with E-state index in [9.17, 15) is 0 Å². The number of hydrogen-bond donors (Lipinski definition) is 1. The van der Waals surface area contributed by atoms with Crippen LogP contribution in [-0.2, 0) is 4.74 Å². The molecule has 2 fully saturated rings. The van der Waals surface area contributed by atoms with Crippen LogP contribution in [0.4, 0.5) is 0 Å². The predicted molar refractivity (Wildman–Crippen MR) is 80.4 cm³/mol. The highest BCUT2D eigenvalue weighted by molar-refractivity contribution is 4.94. The van der Waals surface area contributed by atoms with E-state index < -0.39 is 0 Å². The highest BCUT2D eigenvalue weighted by Crippen LogP contribution is 2.39. The zero-order valence-corrected chi connectivity index (χ0v) is 13.2. The third-order valence-corrected chi connectivity index (χ3v) is 5.18. The molecule has 1 aliphatic heterocycles. The summed E-state index contributed by atoms with van der Waals surface area (Å²) >= 11 is 0. The Hall–Kier alpha value is -0.120. The van der Waals surface area contributed by atoms with E-state index in [1.807, 2.05) is 0 Å². The third kappa shape index (κ3) is 3.71. The predicted octanol–water partition coefficient (Wildman–Crippen LogP) is 2.51. The Labute approximate surface area is 119 Å². The standard InChI is InChI=1S/C16H32N2O/c1-5-17-15-13(7-6-9-16(15,2)3)11-18(4)14-8-10-19-12-14/h13-15,17H,5-12H2,1-4H3. The lowest BCUT2D eigenvalue weighted by atomic mass is 9.67. The van der Waals surface area contributed by atoms with E-state index >= 15 is 0 Å². The van der Waals surface area contributed by atoms with Crippen molar-refractivity contribution >= 4 is 0 Å². The molecule has 0 bridgehead atoms. The van der Waals surface area contributed by atoms with Crippen molar-refractivity contribution in [1.82, 2.24) is 10.2 Å². The molecule has 0 aromatic heterocycles. The first kappa shape index (κ1) is 15.3. The van der Waals surface area contributed by atoms with E-state index in [0.717, 1.165) is 25.7 Å². The molecule has 0 spiro atoms. The van der Waals surface area contributed by atoms with Gasteiger partial charge in [-0.2, -0.15) is 0 Å². The van der Waals surface area contributed by atoms with Crippen LogP contribution >= 0.6 is 0 Å². The molecule has 1 N–H and O–H groups in total. The quantitative estimate of drug-likeness (QED) is 0.829. The number of likely N-dealkylation sites (N-methyl/N-ethyl adjacent to an activating group) is 1. The number of hydrogen-bond acceptors (Lipinski definition) is 3. The molecule has 0 aromatic rings. The van der Waals surface area contributed by atoms with Gasteiger partial charge in [-0.3, -0.25) is 0 Å². The summed E-state index contributed by atoms with van der Waals surface area (Å²) in [6.45, 7) is 11.3. The molecule has 0 radical (unpaired) electrons. The first-order valence-corrected chi connectivity index (χ1v) is 8.06. The lowest BCUT2D eigenvalue weighted by molar-refractivity contribution is 0.0716. The summed E-state index contributed by atoms with van der Waals surface area (Å²) in [7, 11) is 2.28. The molecule has 0 aromatic carbocycles. The highest BCUT2D eigenvalue weighted by Gasteiger charge is 2.39. The molecule has 3 unspecified atom stereocenters. The van der Waals surface area contributed by atoms with Crippen LogP contribution in [0.1, 0.15) is 46.5 Å². The molecule has 1 saturated heterocycles. The number of nitrogens with zero attached hydrogens (tertiary/aromatic N) is 1. The lowest BCUT2D eigenvalue weighted by Gasteiger charge is -2.46. The minimum atomic E-state index is 0.436. The van der Waals surface area contributed by atoms with E-state index in [1.54, 1.807) is 0 Å². The molecule has 0 amide bonds. The molecule has 2 aliphatic rings. The number of rotatable bonds is 5. The largest absolute Gasteiger partial charge is 0.380 e. The molecule has 3 nitrogen and oxygen atoms in total. The van der Waals surface area contributed by atoms with Gasteiger partial charge in [0.1, 0.15) is 0 Å². The van der Waals surface area contributed by atoms with Crippen LogP contribution in [0.2, 0.25) is 0 Å². The monoisotopic (exact) mass is 268 g/mol. The molecule has 3 heteroatoms. The molecule has 1 aliphatic carbocycles. The fourth-order valence-electron chi connectivity index (χ4n) is 4.03. The van der Waals surface area contributed by atoms with Crippen LogP contribution in [0, 0.1) is 11.3 Å². The van der Waals surface area contributed by atoms with Crippen LogP contribution in [0.5, 0.6) is 0 Å². The van der Waals surface area contributed by atoms with Gasteiger partial charge in [-0.1, -0.05) is 27.2 Å². The summed E-state index contributed by atoms with van der Waals surface area (Å²) in [6, 6.07) is 1.31. The fourth-order valence-corrected chi connectivity index (χ4v) is 4.03. The summed E-state index contributed by atoms with van der Waals surface area (Å²) in [6.07, 6.45) is 5.32. The normalized spacial score (nSPS) is 34.9. The van der Waals surface area contributed by atoms with Gasteiger partial charge in [0.25, 0.3) is 0 Å². The topological polar surface area (TPSA) is 24.5 Å². The van der Waals surface area contributed by atoms with Crippen LogP contribution in [0.15, 0.2) is 0 Å². The van der Waals surface area contributed by atoms with Crippen molar-refractivity contribution in [3.05, 3.63) is 0 Å². The van der Waals surface area contributed by atoms with Gasteiger partial charge < -0.3 is 15.0 Å². The number of ether oxygens (including phenoxy) is 1. The molecule has 1 heterocycles. The van der Waals surface area contributed by atoms with E-state index in [2.05, 4.69) is 38.0 Å². The average Bonchev–Trinajstić information content (AvgIpc) is 2.87. The smallest absolute Gasteiger partial charge is 0.0622 e. The first-order valence-electron chi connectivity index (χ1n) is 8.06. The summed E-state index contributed by atoms with van der Waals surface area (Å²) in [4.78, 5) is 2.55. The Morgan fingerprint density at radius 2 is 2.11 bits per heavy atom. The summed E-state index contributed by atoms with van der Waals surface area (Å²) in [5, 5.41) is 3.76. The van der Waals surface area contributed by atoms with Crippen molar-refractivity contribution < 1.29 is 4.74 Å². The lowest BCUT2D eigenvalue weighted by Crippen LogP contribution is -2.53. The Morgan fingerprint density at radius 3 is 2.74 bits per heavy atom. The van der Waals surface area contributed by atoms with Crippen molar-refractivity contribution in [3.8, 4) is 0 Å². The second kappa shape index (κ2) is 6.55. The number of nitrogens with one attached hydrogen (secondary N) is 1. The summed E-state index contributed by atoms with van der Waals surface area (Å²) in [5.74, 6) is 0.786. The molecular weight excluding hydrogens is 236 g/mol. The maximum Gasteiger partial charge on any atom is 0.0622 e. The van der Waals surface area contributed by atoms with Crippen molar-refractivity contribution in [2.45, 2.75) is 58.5 Å². The zero-order chi connectivity index (χ0) is 13.9. The van der Waals surface area contributed by atoms with Gasteiger partial charge >= 0.3 is 0 Å². The van der Waals surface area contributed by atoms with Gasteiger partial charge in [0, 0.05) is 25.2 Å². The second-order valence-electron chi connectivity index (χ2n) is 7.13. The first-order chi connectivity index (χ1) is 9.04. The average molecular weight is 268 g/mol. The van der Waals surface area contributed by atoms with Gasteiger partial charge in [-0.15, -0.1) is 0 Å².